The first-order valence-corrected chi connectivity index (χ1v) is 24.5. The van der Waals surface area contributed by atoms with Crippen molar-refractivity contribution in [2.75, 3.05) is 13.2 Å². The Balaban J connectivity index is 1.26. The van der Waals surface area contributed by atoms with Crippen molar-refractivity contribution in [2.24, 2.45) is 5.41 Å². The number of fused-ring (bicyclic) bond motifs is 1. The van der Waals surface area contributed by atoms with Gasteiger partial charge < -0.3 is 39.7 Å². The van der Waals surface area contributed by atoms with E-state index in [4.69, 9.17) is 14.2 Å². The van der Waals surface area contributed by atoms with Gasteiger partial charge in [0, 0.05) is 29.4 Å². The van der Waals surface area contributed by atoms with Crippen LogP contribution in [0.5, 0.6) is 28.7 Å². The number of benzene rings is 7. The molecular formula is C63H64O10. The third kappa shape index (κ3) is 11.2. The molecule has 1 unspecified atom stereocenters. The number of carboxylic acids is 1. The van der Waals surface area contributed by atoms with Crippen molar-refractivity contribution in [1.82, 2.24) is 0 Å². The Hall–Kier alpha value is -7.98. The highest BCUT2D eigenvalue weighted by atomic mass is 16.6. The van der Waals surface area contributed by atoms with Gasteiger partial charge >= 0.3 is 11.9 Å². The molecule has 0 saturated heterocycles. The van der Waals surface area contributed by atoms with Crippen LogP contribution in [0.4, 0.5) is 0 Å². The van der Waals surface area contributed by atoms with Gasteiger partial charge in [0.05, 0.1) is 5.76 Å². The first-order chi connectivity index (χ1) is 34.7. The summed E-state index contributed by atoms with van der Waals surface area (Å²) >= 11 is 0. The molecule has 10 heteroatoms. The molecule has 1 aliphatic rings. The largest absolute Gasteiger partial charge is 0.512 e. The van der Waals surface area contributed by atoms with Crippen LogP contribution in [0.15, 0.2) is 138 Å². The minimum absolute atomic E-state index is 0.0738. The van der Waals surface area contributed by atoms with Crippen LogP contribution in [-0.2, 0) is 27.4 Å². The fourth-order valence-corrected chi connectivity index (χ4v) is 10.2. The number of carboxylic acid groups (broad SMARTS) is 1. The average Bonchev–Trinajstić information content (AvgIpc) is 3.34. The van der Waals surface area contributed by atoms with Gasteiger partial charge in [-0.15, -0.1) is 0 Å². The Bertz CT molecular complexity index is 3300. The van der Waals surface area contributed by atoms with E-state index in [0.29, 0.717) is 52.4 Å². The summed E-state index contributed by atoms with van der Waals surface area (Å²) in [7, 11) is 0. The van der Waals surface area contributed by atoms with Crippen molar-refractivity contribution in [3.8, 4) is 28.7 Å². The van der Waals surface area contributed by atoms with Gasteiger partial charge in [-0.25, -0.2) is 9.59 Å². The maximum atomic E-state index is 13.6. The van der Waals surface area contributed by atoms with E-state index in [1.165, 1.54) is 0 Å². The Morgan fingerprint density at radius 1 is 0.534 bits per heavy atom. The predicted octanol–water partition coefficient (Wildman–Crippen LogP) is 13.5. The van der Waals surface area contributed by atoms with E-state index in [-0.39, 0.29) is 30.5 Å². The Morgan fingerprint density at radius 2 is 1.01 bits per heavy atom. The highest BCUT2D eigenvalue weighted by Gasteiger charge is 2.38. The van der Waals surface area contributed by atoms with E-state index >= 15 is 0 Å². The van der Waals surface area contributed by atoms with Crippen molar-refractivity contribution in [3.05, 3.63) is 216 Å². The van der Waals surface area contributed by atoms with E-state index < -0.39 is 35.8 Å². The summed E-state index contributed by atoms with van der Waals surface area (Å²) in [6, 6.07) is 36.8. The second-order valence-electron chi connectivity index (χ2n) is 20.4. The zero-order chi connectivity index (χ0) is 52.5. The lowest BCUT2D eigenvalue weighted by Gasteiger charge is -2.38. The molecule has 0 aromatic heterocycles. The molecule has 5 N–H and O–H groups in total. The molecule has 0 heterocycles. The first-order valence-electron chi connectivity index (χ1n) is 24.5. The molecule has 376 valence electrons. The standard InChI is InChI=1S/C63H64O10/c1-35-24-53(64)38(4)20-47(35)61(48-21-39(5)54(65)25-36(48)2)50-29-42(15-18-57(50)71-33-59(68)69)27-43-16-19-58(72-34-60(70)73-32-44-14-17-45-12-10-11-13-46(45)28-44)51(30-43)62(49-22-40(6)55(66)26-37(49)3)52-23-41(7)56(67)31-63(52,8)9/h10-26,28-30,61-62,64-67H,27,31-34H2,1-9H3,(H,68,69). The van der Waals surface area contributed by atoms with E-state index in [1.807, 2.05) is 139 Å². The molecule has 0 radical (unpaired) electrons. The highest BCUT2D eigenvalue weighted by Crippen LogP contribution is 2.51. The highest BCUT2D eigenvalue weighted by molar-refractivity contribution is 5.83. The number of aliphatic hydroxyl groups excluding tert-OH is 1. The molecule has 0 amide bonds. The van der Waals surface area contributed by atoms with Gasteiger partial charge in [0.1, 0.15) is 35.4 Å². The van der Waals surface area contributed by atoms with E-state index in [2.05, 4.69) is 19.9 Å². The molecular weight excluding hydrogens is 917 g/mol. The SMILES string of the molecule is CC1=C(O)CC(C)(C)C(C(c2cc(C)c(O)cc2C)c2cc(Cc3ccc(OCC(=O)O)c(C(c4cc(C)c(O)cc4C)c4cc(C)c(O)cc4C)c3)ccc2OCC(=O)OCc2ccc3ccccc3c2)=C1. The van der Waals surface area contributed by atoms with Gasteiger partial charge in [-0.1, -0.05) is 104 Å². The van der Waals surface area contributed by atoms with Crippen molar-refractivity contribution >= 4 is 22.7 Å². The number of phenolic OH excluding ortho intramolecular Hbond substituents is 3. The predicted molar refractivity (Wildman–Crippen MR) is 285 cm³/mol. The maximum absolute atomic E-state index is 13.6. The number of aromatic hydroxyl groups is 3. The lowest BCUT2D eigenvalue weighted by Crippen LogP contribution is -2.26. The summed E-state index contributed by atoms with van der Waals surface area (Å²) in [4.78, 5) is 25.6. The molecule has 0 saturated carbocycles. The molecule has 0 spiro atoms. The number of hydrogen-bond donors (Lipinski definition) is 5. The van der Waals surface area contributed by atoms with E-state index in [1.54, 1.807) is 24.3 Å². The number of hydrogen-bond acceptors (Lipinski definition) is 9. The molecule has 73 heavy (non-hydrogen) atoms. The van der Waals surface area contributed by atoms with Crippen LogP contribution in [0.25, 0.3) is 10.8 Å². The van der Waals surface area contributed by atoms with Crippen LogP contribution >= 0.6 is 0 Å². The van der Waals surface area contributed by atoms with Crippen molar-refractivity contribution in [2.45, 2.75) is 93.6 Å². The zero-order valence-corrected chi connectivity index (χ0v) is 43.0. The van der Waals surface area contributed by atoms with Crippen molar-refractivity contribution in [1.29, 1.82) is 0 Å². The molecule has 7 aromatic carbocycles. The number of carbonyl (C=O) groups is 2. The summed E-state index contributed by atoms with van der Waals surface area (Å²) < 4.78 is 18.4. The second kappa shape index (κ2) is 21.0. The first kappa shape index (κ1) is 51.4. The summed E-state index contributed by atoms with van der Waals surface area (Å²) in [6.45, 7) is 16.6. The molecule has 0 fully saturated rings. The second-order valence-corrected chi connectivity index (χ2v) is 20.4. The zero-order valence-electron chi connectivity index (χ0n) is 43.0. The maximum Gasteiger partial charge on any atom is 0.344 e. The number of ether oxygens (including phenoxy) is 3. The Morgan fingerprint density at radius 3 is 1.55 bits per heavy atom. The van der Waals surface area contributed by atoms with E-state index in [0.717, 1.165) is 77.6 Å². The third-order valence-corrected chi connectivity index (χ3v) is 14.3. The quantitative estimate of drug-likeness (QED) is 0.0465. The molecule has 0 bridgehead atoms. The number of rotatable bonds is 16. The summed E-state index contributed by atoms with van der Waals surface area (Å²) in [5.41, 5.74) is 12.5. The molecule has 7 aromatic rings. The number of allylic oxidation sites excluding steroid dienone is 4. The number of aliphatic hydroxyl groups is 1. The monoisotopic (exact) mass is 980 g/mol. The molecule has 1 atom stereocenters. The van der Waals surface area contributed by atoms with Crippen LogP contribution in [0.3, 0.4) is 0 Å². The van der Waals surface area contributed by atoms with Gasteiger partial charge in [-0.05, 0) is 180 Å². The van der Waals surface area contributed by atoms with Gasteiger partial charge in [0.25, 0.3) is 0 Å². The number of aryl methyl sites for hydroxylation is 6. The molecule has 10 nitrogen and oxygen atoms in total. The number of esters is 1. The normalized spacial score (nSPS) is 13.8. The van der Waals surface area contributed by atoms with Crippen LogP contribution in [-0.4, -0.2) is 50.7 Å². The number of carbonyl (C=O) groups excluding carboxylic acids is 1. The van der Waals surface area contributed by atoms with Gasteiger partial charge in [-0.2, -0.15) is 0 Å². The van der Waals surface area contributed by atoms with Crippen LogP contribution < -0.4 is 9.47 Å². The lowest BCUT2D eigenvalue weighted by molar-refractivity contribution is -0.147. The molecule has 0 aliphatic heterocycles. The van der Waals surface area contributed by atoms with Gasteiger partial charge in [0.2, 0.25) is 0 Å². The van der Waals surface area contributed by atoms with E-state index in [9.17, 15) is 35.1 Å². The number of aliphatic carboxylic acids is 1. The molecule has 1 aliphatic carbocycles. The van der Waals surface area contributed by atoms with Gasteiger partial charge in [0.15, 0.2) is 13.2 Å². The number of phenols is 3. The van der Waals surface area contributed by atoms with Crippen LogP contribution in [0, 0.1) is 47.0 Å². The van der Waals surface area contributed by atoms with Gasteiger partial charge in [-0.3, -0.25) is 0 Å². The minimum Gasteiger partial charge on any atom is -0.512 e. The smallest absolute Gasteiger partial charge is 0.344 e. The molecule has 8 rings (SSSR count). The van der Waals surface area contributed by atoms with Crippen LogP contribution in [0.2, 0.25) is 0 Å². The fourth-order valence-electron chi connectivity index (χ4n) is 10.2. The summed E-state index contributed by atoms with van der Waals surface area (Å²) in [5, 5.41) is 55.6. The summed E-state index contributed by atoms with van der Waals surface area (Å²) in [5.74, 6) is -1.01. The lowest BCUT2D eigenvalue weighted by atomic mass is 9.66. The average molecular weight is 981 g/mol. The topological polar surface area (TPSA) is 163 Å². The Kier molecular flexibility index (Phi) is 14.8. The van der Waals surface area contributed by atoms with Crippen molar-refractivity contribution < 1.29 is 49.3 Å². The summed E-state index contributed by atoms with van der Waals surface area (Å²) in [6.07, 6.45) is 2.85. The Labute approximate surface area is 427 Å². The third-order valence-electron chi connectivity index (χ3n) is 14.3. The van der Waals surface area contributed by atoms with Crippen LogP contribution in [0.1, 0.15) is 117 Å². The van der Waals surface area contributed by atoms with Crippen molar-refractivity contribution in [3.63, 3.8) is 0 Å². The fraction of sp³-hybridized carbons (Fsp3) is 0.270. The minimum atomic E-state index is -1.13.